The highest BCUT2D eigenvalue weighted by Crippen LogP contribution is 2.34. The van der Waals surface area contributed by atoms with E-state index in [1.165, 1.54) is 6.07 Å². The Kier molecular flexibility index (Phi) is 6.85. The average Bonchev–Trinajstić information content (AvgIpc) is 3.52. The normalized spacial score (nSPS) is 18.2. The molecule has 2 aliphatic rings. The predicted molar refractivity (Wildman–Crippen MR) is 153 cm³/mol. The highest BCUT2D eigenvalue weighted by atomic mass is 19.1. The lowest BCUT2D eigenvalue weighted by Gasteiger charge is -2.22. The molecule has 2 aliphatic heterocycles. The molecule has 2 amide bonds. The van der Waals surface area contributed by atoms with Crippen molar-refractivity contribution in [1.82, 2.24) is 24.9 Å². The topological polar surface area (TPSA) is 136 Å². The molecule has 216 valence electrons. The summed E-state index contributed by atoms with van der Waals surface area (Å²) in [5, 5.41) is 24.5. The molecule has 11 nitrogen and oxygen atoms in total. The van der Waals surface area contributed by atoms with Crippen LogP contribution in [0.15, 0.2) is 65.9 Å². The van der Waals surface area contributed by atoms with Crippen LogP contribution in [0.2, 0.25) is 0 Å². The zero-order valence-electron chi connectivity index (χ0n) is 23.3. The minimum Gasteiger partial charge on any atom is -0.474 e. The second-order valence-corrected chi connectivity index (χ2v) is 11.1. The molecule has 0 fully saturated rings. The van der Waals surface area contributed by atoms with Gasteiger partial charge in [-0.15, -0.1) is 0 Å². The van der Waals surface area contributed by atoms with Crippen LogP contribution in [0.1, 0.15) is 48.7 Å². The van der Waals surface area contributed by atoms with Crippen LogP contribution in [0.4, 0.5) is 10.1 Å². The number of benzodiazepines with no additional fused rings is 1. The lowest BCUT2D eigenvalue weighted by atomic mass is 10.0. The van der Waals surface area contributed by atoms with E-state index in [2.05, 4.69) is 25.8 Å². The minimum absolute atomic E-state index is 0.0122. The SMILES string of the molecule is C[C@@H]1CCn2nc(-c3cnn(CC(C)(C)O)c3)c(C(=O)N[C@H]3N=C(c4ccccc4)c4cccc(F)c4NC3=O)c2O1. The van der Waals surface area contributed by atoms with E-state index >= 15 is 0 Å². The fraction of sp³-hybridized carbons (Fsp3) is 0.300. The largest absolute Gasteiger partial charge is 0.474 e. The summed E-state index contributed by atoms with van der Waals surface area (Å²) < 4.78 is 24.1. The number of nitrogens with one attached hydrogen (secondary N) is 2. The number of aryl methyl sites for hydroxylation is 1. The number of halogens is 1. The first kappa shape index (κ1) is 27.3. The van der Waals surface area contributed by atoms with E-state index in [0.717, 1.165) is 0 Å². The van der Waals surface area contributed by atoms with Gasteiger partial charge in [-0.2, -0.15) is 10.2 Å². The molecule has 4 heterocycles. The third-order valence-electron chi connectivity index (χ3n) is 6.99. The molecule has 42 heavy (non-hydrogen) atoms. The Balaban J connectivity index is 1.40. The van der Waals surface area contributed by atoms with Gasteiger partial charge in [-0.05, 0) is 26.8 Å². The monoisotopic (exact) mass is 571 g/mol. The van der Waals surface area contributed by atoms with E-state index < -0.39 is 29.4 Å². The zero-order valence-corrected chi connectivity index (χ0v) is 23.3. The predicted octanol–water partition coefficient (Wildman–Crippen LogP) is 3.37. The molecule has 0 aliphatic carbocycles. The summed E-state index contributed by atoms with van der Waals surface area (Å²) in [6.45, 7) is 6.00. The fourth-order valence-corrected chi connectivity index (χ4v) is 5.06. The fourth-order valence-electron chi connectivity index (χ4n) is 5.06. The summed E-state index contributed by atoms with van der Waals surface area (Å²) in [5.74, 6) is -1.68. The molecule has 2 atom stereocenters. The van der Waals surface area contributed by atoms with Gasteiger partial charge in [0.15, 0.2) is 0 Å². The molecular weight excluding hydrogens is 541 g/mol. The number of aromatic nitrogens is 4. The molecule has 12 heteroatoms. The van der Waals surface area contributed by atoms with Crippen molar-refractivity contribution in [3.63, 3.8) is 0 Å². The lowest BCUT2D eigenvalue weighted by Crippen LogP contribution is -2.42. The second-order valence-electron chi connectivity index (χ2n) is 11.1. The van der Waals surface area contributed by atoms with Crippen molar-refractivity contribution in [2.45, 2.75) is 58.2 Å². The third-order valence-corrected chi connectivity index (χ3v) is 6.99. The number of carbonyl (C=O) groups excluding carboxylic acids is 2. The van der Waals surface area contributed by atoms with Crippen LogP contribution in [0.25, 0.3) is 11.3 Å². The maximum absolute atomic E-state index is 14.9. The van der Waals surface area contributed by atoms with Crippen LogP contribution in [-0.4, -0.2) is 60.1 Å². The van der Waals surface area contributed by atoms with Gasteiger partial charge < -0.3 is 20.5 Å². The van der Waals surface area contributed by atoms with Crippen molar-refractivity contribution < 1.29 is 23.8 Å². The molecule has 2 aromatic heterocycles. The van der Waals surface area contributed by atoms with E-state index in [-0.39, 0.29) is 29.8 Å². The summed E-state index contributed by atoms with van der Waals surface area (Å²) in [5.41, 5.74) is 1.36. The number of benzene rings is 2. The number of amides is 2. The van der Waals surface area contributed by atoms with Crippen molar-refractivity contribution in [3.05, 3.63) is 83.4 Å². The zero-order chi connectivity index (χ0) is 29.6. The Bertz CT molecular complexity index is 1700. The van der Waals surface area contributed by atoms with Crippen LogP contribution in [0.3, 0.4) is 0 Å². The van der Waals surface area contributed by atoms with Gasteiger partial charge in [0, 0.05) is 35.9 Å². The Morgan fingerprint density at radius 3 is 2.74 bits per heavy atom. The Labute approximate surface area is 241 Å². The number of aliphatic hydroxyl groups is 1. The van der Waals surface area contributed by atoms with Crippen LogP contribution >= 0.6 is 0 Å². The Morgan fingerprint density at radius 1 is 1.19 bits per heavy atom. The number of fused-ring (bicyclic) bond motifs is 2. The first-order chi connectivity index (χ1) is 20.1. The van der Waals surface area contributed by atoms with Crippen LogP contribution < -0.4 is 15.4 Å². The Morgan fingerprint density at radius 2 is 1.98 bits per heavy atom. The lowest BCUT2D eigenvalue weighted by molar-refractivity contribution is -0.117. The summed E-state index contributed by atoms with van der Waals surface area (Å²) in [4.78, 5) is 32.0. The molecule has 0 radical (unpaired) electrons. The standard InChI is InChI=1S/C30H30FN7O4/c1-17-12-13-38-29(42-17)22(24(36-38)19-14-32-37(15-19)16-30(2,3)41)27(39)35-26-28(40)34-25-20(10-7-11-21(25)31)23(33-26)18-8-5-4-6-9-18/h4-11,14-15,17,26,41H,12-13,16H2,1-3H3,(H,34,40)(H,35,39)/t17-,26-/m1/s1. The molecule has 0 saturated carbocycles. The van der Waals surface area contributed by atoms with Crippen molar-refractivity contribution in [2.75, 3.05) is 5.32 Å². The summed E-state index contributed by atoms with van der Waals surface area (Å²) in [6.07, 6.45) is 2.40. The molecule has 0 bridgehead atoms. The van der Waals surface area contributed by atoms with E-state index in [1.807, 2.05) is 25.1 Å². The maximum Gasteiger partial charge on any atom is 0.269 e. The smallest absolute Gasteiger partial charge is 0.269 e. The molecule has 4 aromatic rings. The summed E-state index contributed by atoms with van der Waals surface area (Å²) in [7, 11) is 0. The number of nitrogens with zero attached hydrogens (tertiary/aromatic N) is 5. The van der Waals surface area contributed by atoms with Gasteiger partial charge in [0.05, 0.1) is 35.8 Å². The van der Waals surface area contributed by atoms with Gasteiger partial charge in [-0.3, -0.25) is 14.3 Å². The number of aliphatic imine (C=N–C) groups is 1. The number of anilines is 1. The molecule has 6 rings (SSSR count). The van der Waals surface area contributed by atoms with Crippen LogP contribution in [0.5, 0.6) is 5.88 Å². The first-order valence-corrected chi connectivity index (χ1v) is 13.6. The third kappa shape index (κ3) is 5.28. The van der Waals surface area contributed by atoms with E-state index in [1.54, 1.807) is 59.9 Å². The molecule has 3 N–H and O–H groups in total. The second kappa shape index (κ2) is 10.5. The van der Waals surface area contributed by atoms with E-state index in [9.17, 15) is 19.1 Å². The van der Waals surface area contributed by atoms with Crippen LogP contribution in [-0.2, 0) is 17.9 Å². The quantitative estimate of drug-likeness (QED) is 0.325. The molecule has 0 unspecified atom stereocenters. The van der Waals surface area contributed by atoms with Crippen molar-refractivity contribution in [2.24, 2.45) is 4.99 Å². The van der Waals surface area contributed by atoms with Gasteiger partial charge in [-0.1, -0.05) is 42.5 Å². The summed E-state index contributed by atoms with van der Waals surface area (Å²) >= 11 is 0. The number of hydrogen-bond acceptors (Lipinski definition) is 7. The highest BCUT2D eigenvalue weighted by molar-refractivity contribution is 6.20. The van der Waals surface area contributed by atoms with E-state index in [0.29, 0.717) is 41.1 Å². The average molecular weight is 572 g/mol. The Hall–Kier alpha value is -4.84. The van der Waals surface area contributed by atoms with Crippen molar-refractivity contribution in [3.8, 4) is 17.1 Å². The molecule has 0 spiro atoms. The van der Waals surface area contributed by atoms with Gasteiger partial charge >= 0.3 is 0 Å². The van der Waals surface area contributed by atoms with Crippen molar-refractivity contribution >= 4 is 23.2 Å². The molecule has 0 saturated heterocycles. The molecule has 2 aromatic carbocycles. The summed E-state index contributed by atoms with van der Waals surface area (Å²) in [6, 6.07) is 13.5. The number of carbonyl (C=O) groups is 2. The number of ether oxygens (including phenoxy) is 1. The number of para-hydroxylation sites is 1. The molecular formula is C30H30FN7O4. The van der Waals surface area contributed by atoms with Gasteiger partial charge in [0.1, 0.15) is 17.1 Å². The number of rotatable bonds is 6. The first-order valence-electron chi connectivity index (χ1n) is 13.6. The van der Waals surface area contributed by atoms with Crippen LogP contribution in [0, 0.1) is 5.82 Å². The maximum atomic E-state index is 14.9. The van der Waals surface area contributed by atoms with Crippen molar-refractivity contribution in [1.29, 1.82) is 0 Å². The van der Waals surface area contributed by atoms with Gasteiger partial charge in [0.25, 0.3) is 11.8 Å². The minimum atomic E-state index is -1.39. The highest BCUT2D eigenvalue weighted by Gasteiger charge is 2.34. The van der Waals surface area contributed by atoms with Gasteiger partial charge in [0.2, 0.25) is 12.0 Å². The van der Waals surface area contributed by atoms with Gasteiger partial charge in [-0.25, -0.2) is 14.1 Å². The number of hydrogen-bond donors (Lipinski definition) is 3. The van der Waals surface area contributed by atoms with E-state index in [4.69, 9.17) is 4.74 Å².